The van der Waals surface area contributed by atoms with Gasteiger partial charge >= 0.3 is 0 Å². The van der Waals surface area contributed by atoms with E-state index in [1.54, 1.807) is 6.20 Å². The minimum Gasteiger partial charge on any atom is -0.309 e. The Morgan fingerprint density at radius 2 is 0.696 bits per heavy atom. The number of hydrogen-bond acceptors (Lipinski definition) is 10. The maximum Gasteiger partial charge on any atom is 0.172 e. The Morgan fingerprint density at radius 3 is 1.37 bits per heavy atom. The van der Waals surface area contributed by atoms with E-state index in [1.165, 1.54) is 33.0 Å². The fourth-order valence-electron chi connectivity index (χ4n) is 21.5. The average Bonchev–Trinajstić information content (AvgIpc) is 1.65. The Hall–Kier alpha value is -17.0. The van der Waals surface area contributed by atoms with Gasteiger partial charge in [-0.05, 0) is 177 Å². The highest BCUT2D eigenvalue weighted by Crippen LogP contribution is 2.51. The van der Waals surface area contributed by atoms with Crippen LogP contribution in [0, 0.1) is 0 Å². The third-order valence-electron chi connectivity index (χ3n) is 27.9. The van der Waals surface area contributed by atoms with Crippen LogP contribution in [0.25, 0.3) is 192 Å². The number of rotatable bonds is 10. The predicted octanol–water partition coefficient (Wildman–Crippen LogP) is 25.9. The van der Waals surface area contributed by atoms with Crippen LogP contribution in [0.15, 0.2) is 455 Å². The quantitative estimate of drug-likeness (QED) is 0.0734. The molecule has 0 saturated carbocycles. The van der Waals surface area contributed by atoms with Crippen LogP contribution in [0.1, 0.15) is 11.1 Å². The summed E-state index contributed by atoms with van der Waals surface area (Å²) in [6.07, 6.45) is 4.42. The minimum absolute atomic E-state index is 0.685. The zero-order valence-corrected chi connectivity index (χ0v) is 76.7. The van der Waals surface area contributed by atoms with Gasteiger partial charge in [0.05, 0.1) is 82.9 Å². The molecule has 16 heteroatoms. The van der Waals surface area contributed by atoms with E-state index in [0.717, 1.165) is 219 Å². The van der Waals surface area contributed by atoms with Crippen molar-refractivity contribution in [2.24, 2.45) is 0 Å². The Bertz CT molecular complexity index is 10200. The lowest BCUT2D eigenvalue weighted by Gasteiger charge is -2.23. The second kappa shape index (κ2) is 31.8. The molecule has 28 aromatic rings. The van der Waals surface area contributed by atoms with Crippen molar-refractivity contribution < 1.29 is 13.7 Å². The first kappa shape index (κ1) is 80.6. The molecule has 0 aliphatic heterocycles. The van der Waals surface area contributed by atoms with Gasteiger partial charge in [-0.2, -0.15) is 0 Å². The molecule has 138 heavy (non-hydrogen) atoms. The monoisotopic (exact) mass is 1820 g/mol. The fraction of sp³-hybridized carbons (Fsp3) is 0.00820. The summed E-state index contributed by atoms with van der Waals surface area (Å²) >= 11 is 0. The number of hydrogen-bond donors (Lipinski definition) is 0. The summed E-state index contributed by atoms with van der Waals surface area (Å²) in [6, 6.07) is 150. The molecule has 18 aromatic carbocycles. The maximum atomic E-state index is 16.3. The number of imidazole rings is 3. The van der Waals surface area contributed by atoms with Crippen LogP contribution in [0.3, 0.4) is 0 Å². The van der Waals surface area contributed by atoms with Crippen molar-refractivity contribution in [1.29, 1.82) is 0 Å². The molecule has 0 N–H and O–H groups in total. The molecule has 13 nitrogen and oxygen atoms in total. The summed E-state index contributed by atoms with van der Waals surface area (Å²) in [4.78, 5) is 35.4. The molecule has 0 radical (unpaired) electrons. The second-order valence-corrected chi connectivity index (χ2v) is 43.8. The van der Waals surface area contributed by atoms with E-state index in [2.05, 4.69) is 219 Å². The first-order chi connectivity index (χ1) is 68.0. The lowest BCUT2D eigenvalue weighted by atomic mass is 10.0. The summed E-state index contributed by atoms with van der Waals surface area (Å²) in [5.74, 6) is 0. The molecule has 0 saturated heterocycles. The van der Waals surface area contributed by atoms with Crippen molar-refractivity contribution >= 4 is 239 Å². The minimum atomic E-state index is -3.44. The van der Waals surface area contributed by atoms with Crippen LogP contribution in [0.2, 0.25) is 0 Å². The number of aromatic nitrogens is 10. The molecule has 0 bridgehead atoms. The summed E-state index contributed by atoms with van der Waals surface area (Å²) in [5, 5.41) is 21.5. The van der Waals surface area contributed by atoms with Gasteiger partial charge in [-0.3, -0.25) is 23.2 Å². The van der Waals surface area contributed by atoms with Gasteiger partial charge in [0.15, 0.2) is 21.4 Å². The molecule has 0 amide bonds. The lowest BCUT2D eigenvalue weighted by molar-refractivity contribution is 0.591. The van der Waals surface area contributed by atoms with Crippen LogP contribution < -0.4 is 47.7 Å². The number of fused-ring (bicyclic) bond motifs is 33. The van der Waals surface area contributed by atoms with Crippen LogP contribution in [0.4, 0.5) is 0 Å². The van der Waals surface area contributed by atoms with E-state index in [-0.39, 0.29) is 0 Å². The third kappa shape index (κ3) is 12.6. The number of pyridine rings is 7. The van der Waals surface area contributed by atoms with E-state index in [4.69, 9.17) is 34.9 Å². The van der Waals surface area contributed by atoms with Crippen LogP contribution in [-0.4, -0.2) is 48.1 Å². The van der Waals surface area contributed by atoms with Gasteiger partial charge in [-0.25, -0.2) is 24.9 Å². The predicted molar refractivity (Wildman–Crippen MR) is 574 cm³/mol. The van der Waals surface area contributed by atoms with Gasteiger partial charge < -0.3 is 13.7 Å². The summed E-state index contributed by atoms with van der Waals surface area (Å²) in [6.45, 7) is 0. The molecule has 29 rings (SSSR count). The van der Waals surface area contributed by atoms with Gasteiger partial charge in [0.2, 0.25) is 0 Å². The molecule has 0 fully saturated rings. The van der Waals surface area contributed by atoms with E-state index in [0.29, 0.717) is 5.30 Å². The highest BCUT2D eigenvalue weighted by atomic mass is 31.2. The van der Waals surface area contributed by atoms with Crippen LogP contribution in [-0.2, 0) is 20.1 Å². The first-order valence-corrected chi connectivity index (χ1v) is 51.4. The van der Waals surface area contributed by atoms with Crippen molar-refractivity contribution in [3.8, 4) is 22.4 Å². The molecule has 10 aromatic heterocycles. The van der Waals surface area contributed by atoms with Crippen LogP contribution in [0.5, 0.6) is 0 Å². The smallest absolute Gasteiger partial charge is 0.172 e. The molecular formula is C122H77N10O3P3. The highest BCUT2D eigenvalue weighted by Gasteiger charge is 2.38. The molecular weight excluding hydrogens is 1750 g/mol. The van der Waals surface area contributed by atoms with Crippen molar-refractivity contribution in [3.05, 3.63) is 466 Å². The summed E-state index contributed by atoms with van der Waals surface area (Å²) < 4.78 is 54.4. The average molecular weight is 1820 g/mol. The van der Waals surface area contributed by atoms with Crippen molar-refractivity contribution in [2.75, 3.05) is 0 Å². The molecule has 3 unspecified atom stereocenters. The van der Waals surface area contributed by atoms with Gasteiger partial charge in [-0.15, -0.1) is 0 Å². The number of benzene rings is 18. The molecule has 1 aliphatic carbocycles. The molecule has 0 spiro atoms. The molecule has 3 atom stereocenters. The number of nitrogens with zero attached hydrogens (tertiary/aromatic N) is 10. The topological polar surface area (TPSA) is 155 Å². The Morgan fingerprint density at radius 1 is 0.225 bits per heavy atom. The van der Waals surface area contributed by atoms with E-state index in [1.807, 2.05) is 243 Å². The van der Waals surface area contributed by atoms with Crippen molar-refractivity contribution in [1.82, 2.24) is 48.1 Å². The molecule has 1 aliphatic rings. The fourth-order valence-corrected chi connectivity index (χ4v) is 29.8. The normalized spacial score (nSPS) is 13.4. The zero-order chi connectivity index (χ0) is 91.5. The summed E-state index contributed by atoms with van der Waals surface area (Å²) in [5.41, 5.74) is 22.7. The van der Waals surface area contributed by atoms with Gasteiger partial charge in [0.25, 0.3) is 0 Å². The van der Waals surface area contributed by atoms with Crippen molar-refractivity contribution in [2.45, 2.75) is 6.42 Å². The zero-order valence-electron chi connectivity index (χ0n) is 74.0. The lowest BCUT2D eigenvalue weighted by Crippen LogP contribution is -2.26. The molecule has 648 valence electrons. The largest absolute Gasteiger partial charge is 0.309 e. The Balaban J connectivity index is 0.000000104. The van der Waals surface area contributed by atoms with Crippen LogP contribution >= 0.6 is 21.4 Å². The molecule has 10 heterocycles. The second-order valence-electron chi connectivity index (χ2n) is 35.5. The van der Waals surface area contributed by atoms with E-state index in [9.17, 15) is 0 Å². The first-order valence-electron chi connectivity index (χ1n) is 46.2. The maximum absolute atomic E-state index is 16.3. The van der Waals surface area contributed by atoms with Gasteiger partial charge in [0.1, 0.15) is 16.9 Å². The van der Waals surface area contributed by atoms with E-state index >= 15 is 13.7 Å². The van der Waals surface area contributed by atoms with Crippen molar-refractivity contribution in [3.63, 3.8) is 0 Å². The Labute approximate surface area is 790 Å². The SMILES string of the molecule is O=P(c1ccccc1)(c1ccc(-c2ccccc2)nc1)c1ccc2cc3c(nc2c1)c1ccccc1n1c2ccccc2nc31.O=P(c1ccccc1)(c1ccc2c(c1)Cc1ccccc1-2)c1ccnc2cc3c(cc12)c1ccccc1n1c2ccccc2nc31.O=P(c1ccccc1)(c1ccc2c(ccc3ccccc32)c1)c1cccc2c1c1nc3ccccc3cc1c1nc3ccccc3n21. The summed E-state index contributed by atoms with van der Waals surface area (Å²) in [7, 11) is -10.0. The number of para-hydroxylation sites is 9. The van der Waals surface area contributed by atoms with Gasteiger partial charge in [-0.1, -0.05) is 322 Å². The standard InChI is InChI=1S/C42H26N3OP.C41H26N3OP.C39H25N4OP/c46-47(30-13-2-1-3-14-30,31-23-24-33-28(25-31)22-21-27-11-4-6-15-32(27)33)39-20-10-19-38-40(39)41-34(26-29-12-5-7-16-35(29)43-41)42-44-36-17-8-9-18-37(36)45(38)42;45-46(28-11-2-1-3-12-28,29-18-19-31-27(23-29)22-26-10-4-5-13-30(26)31)40-20-21-42-37-25-34-33(24-35(37)40)32-14-6-8-16-38(32)44-39-17-9-7-15-36(39)43-41(34)44;44-45(28-13-5-2-6-14-28,30-21-22-33(40-25-30)26-11-3-1-4-12-26)29-20-19-27-23-32-38(41-35(27)24-29)31-15-7-9-17-36(31)43-37-18-10-8-16-34(37)42-39(32)43/h1-26H;1-21,23-25H,22H2;1-25H. The van der Waals surface area contributed by atoms with Gasteiger partial charge in [0, 0.05) is 114 Å². The van der Waals surface area contributed by atoms with E-state index < -0.39 is 21.4 Å². The highest BCUT2D eigenvalue weighted by molar-refractivity contribution is 7.86. The Kier molecular flexibility index (Phi) is 18.6. The third-order valence-corrected chi connectivity index (χ3v) is 37.1.